The molecule has 3 N–H and O–H groups in total. The average Bonchev–Trinajstić information content (AvgIpc) is 2.30. The number of rotatable bonds is 3. The molecule has 0 bridgehead atoms. The first-order chi connectivity index (χ1) is 8.63. The van der Waals surface area contributed by atoms with Gasteiger partial charge in [-0.25, -0.2) is 0 Å². The zero-order valence-corrected chi connectivity index (χ0v) is 10.7. The van der Waals surface area contributed by atoms with Crippen LogP contribution in [0.3, 0.4) is 0 Å². The molecule has 2 atom stereocenters. The van der Waals surface area contributed by atoms with Gasteiger partial charge in [-0.05, 0) is 24.6 Å². The van der Waals surface area contributed by atoms with E-state index in [4.69, 9.17) is 11.6 Å². The summed E-state index contributed by atoms with van der Waals surface area (Å²) in [6.07, 6.45) is 1.83. The largest absolute Gasteiger partial charge is 0.322 e. The van der Waals surface area contributed by atoms with Gasteiger partial charge >= 0.3 is 0 Å². The number of nitrogens with zero attached hydrogens (tertiary/aromatic N) is 1. The molecular weight excluding hydrogens is 252 g/mol. The molecular formula is C12H15ClN4O. The van der Waals surface area contributed by atoms with E-state index >= 15 is 0 Å². The number of nitrogens with one attached hydrogen (secondary N) is 3. The number of halogens is 1. The van der Waals surface area contributed by atoms with Crippen molar-refractivity contribution in [3.05, 3.63) is 34.9 Å². The molecule has 1 saturated heterocycles. The lowest BCUT2D eigenvalue weighted by Gasteiger charge is -2.28. The van der Waals surface area contributed by atoms with E-state index in [1.54, 1.807) is 18.3 Å². The van der Waals surface area contributed by atoms with Crippen molar-refractivity contribution in [1.29, 1.82) is 0 Å². The molecule has 0 spiro atoms. The Balaban J connectivity index is 1.87. The molecule has 1 aliphatic heterocycles. The third kappa shape index (κ3) is 3.72. The van der Waals surface area contributed by atoms with Gasteiger partial charge in [0.2, 0.25) is 5.91 Å². The number of hydrogen-bond acceptors (Lipinski definition) is 4. The van der Waals surface area contributed by atoms with Gasteiger partial charge in [-0.3, -0.25) is 15.5 Å². The molecule has 18 heavy (non-hydrogen) atoms. The van der Waals surface area contributed by atoms with E-state index in [1.807, 2.05) is 19.1 Å². The first-order valence-electron chi connectivity index (χ1n) is 5.73. The quantitative estimate of drug-likeness (QED) is 0.566. The Morgan fingerprint density at radius 2 is 2.17 bits per heavy atom. The minimum Gasteiger partial charge on any atom is -0.322 e. The minimum absolute atomic E-state index is 0.0143. The summed E-state index contributed by atoms with van der Waals surface area (Å²) >= 11 is 5.78. The van der Waals surface area contributed by atoms with Crippen molar-refractivity contribution in [3.63, 3.8) is 0 Å². The molecule has 6 heteroatoms. The van der Waals surface area contributed by atoms with Crippen LogP contribution in [-0.2, 0) is 4.79 Å². The first kappa shape index (κ1) is 12.9. The maximum atomic E-state index is 11.3. The molecule has 0 aliphatic carbocycles. The molecule has 0 radical (unpaired) electrons. The second-order valence-corrected chi connectivity index (χ2v) is 4.65. The van der Waals surface area contributed by atoms with Crippen LogP contribution in [0.4, 0.5) is 0 Å². The Hall–Kier alpha value is -1.59. The van der Waals surface area contributed by atoms with E-state index < -0.39 is 0 Å². The number of carbonyl (C=O) groups excluding carboxylic acids is 1. The topological polar surface area (TPSA) is 65.5 Å². The van der Waals surface area contributed by atoms with Gasteiger partial charge in [0.05, 0.1) is 6.21 Å². The standard InChI is InChI=1S/C12H15ClN4O/c1-8-6-11(18)16-12(15-8)17-14-7-9-2-4-10(13)5-3-9/h2-5,7-8,12,15,17H,6H2,1H3,(H,16,18)/b14-7-. The van der Waals surface area contributed by atoms with Crippen LogP contribution in [0.5, 0.6) is 0 Å². The fourth-order valence-electron chi connectivity index (χ4n) is 1.69. The number of benzene rings is 1. The van der Waals surface area contributed by atoms with Gasteiger partial charge in [0.25, 0.3) is 0 Å². The van der Waals surface area contributed by atoms with Crippen LogP contribution in [0, 0.1) is 0 Å². The van der Waals surface area contributed by atoms with E-state index in [0.717, 1.165) is 5.56 Å². The zero-order valence-electron chi connectivity index (χ0n) is 9.98. The fraction of sp³-hybridized carbons (Fsp3) is 0.333. The van der Waals surface area contributed by atoms with Gasteiger partial charge < -0.3 is 5.32 Å². The molecule has 0 saturated carbocycles. The number of hydrogen-bond donors (Lipinski definition) is 3. The van der Waals surface area contributed by atoms with Crippen LogP contribution in [0.25, 0.3) is 0 Å². The summed E-state index contributed by atoms with van der Waals surface area (Å²) in [4.78, 5) is 11.3. The highest BCUT2D eigenvalue weighted by Gasteiger charge is 2.21. The summed E-state index contributed by atoms with van der Waals surface area (Å²) in [7, 11) is 0. The SMILES string of the molecule is CC1CC(=O)NC(N/N=C\c2ccc(Cl)cc2)N1. The monoisotopic (exact) mass is 266 g/mol. The Bertz CT molecular complexity index is 446. The van der Waals surface area contributed by atoms with Gasteiger partial charge in [0.1, 0.15) is 0 Å². The Kier molecular flexibility index (Phi) is 4.17. The van der Waals surface area contributed by atoms with Crippen LogP contribution in [0.1, 0.15) is 18.9 Å². The lowest BCUT2D eigenvalue weighted by atomic mass is 10.2. The third-order valence-corrected chi connectivity index (χ3v) is 2.79. The van der Waals surface area contributed by atoms with Crippen molar-refractivity contribution in [2.24, 2.45) is 5.10 Å². The van der Waals surface area contributed by atoms with Gasteiger partial charge in [0, 0.05) is 17.5 Å². The highest BCUT2D eigenvalue weighted by molar-refractivity contribution is 6.30. The van der Waals surface area contributed by atoms with E-state index in [2.05, 4.69) is 21.2 Å². The zero-order chi connectivity index (χ0) is 13.0. The number of hydrazone groups is 1. The molecule has 1 aromatic rings. The minimum atomic E-state index is -0.329. The predicted molar refractivity (Wildman–Crippen MR) is 71.3 cm³/mol. The summed E-state index contributed by atoms with van der Waals surface area (Å²) in [5.74, 6) is 0.0143. The molecule has 0 aromatic heterocycles. The Morgan fingerprint density at radius 1 is 1.44 bits per heavy atom. The smallest absolute Gasteiger partial charge is 0.224 e. The predicted octanol–water partition coefficient (Wildman–Crippen LogP) is 1.05. The van der Waals surface area contributed by atoms with Gasteiger partial charge in [-0.15, -0.1) is 0 Å². The van der Waals surface area contributed by atoms with Gasteiger partial charge in [0.15, 0.2) is 6.29 Å². The molecule has 2 unspecified atom stereocenters. The molecule has 1 aliphatic rings. The second kappa shape index (κ2) is 5.84. The Labute approximate surface area is 111 Å². The van der Waals surface area contributed by atoms with E-state index in [-0.39, 0.29) is 18.2 Å². The van der Waals surface area contributed by atoms with Crippen molar-refractivity contribution in [2.45, 2.75) is 25.7 Å². The number of carbonyl (C=O) groups is 1. The maximum Gasteiger partial charge on any atom is 0.224 e. The van der Waals surface area contributed by atoms with E-state index in [9.17, 15) is 4.79 Å². The summed E-state index contributed by atoms with van der Waals surface area (Å²) in [6.45, 7) is 1.95. The lowest BCUT2D eigenvalue weighted by molar-refractivity contribution is -0.124. The first-order valence-corrected chi connectivity index (χ1v) is 6.11. The second-order valence-electron chi connectivity index (χ2n) is 4.21. The lowest BCUT2D eigenvalue weighted by Crippen LogP contribution is -2.60. The number of amides is 1. The summed E-state index contributed by atoms with van der Waals surface area (Å²) in [5, 5.41) is 10.7. The molecule has 1 aromatic carbocycles. The van der Waals surface area contributed by atoms with Crippen LogP contribution in [-0.4, -0.2) is 24.5 Å². The van der Waals surface area contributed by atoms with Crippen LogP contribution < -0.4 is 16.1 Å². The van der Waals surface area contributed by atoms with Crippen molar-refractivity contribution in [1.82, 2.24) is 16.1 Å². The summed E-state index contributed by atoms with van der Waals surface area (Å²) in [6, 6.07) is 7.46. The molecule has 1 amide bonds. The van der Waals surface area contributed by atoms with Crippen molar-refractivity contribution in [2.75, 3.05) is 0 Å². The van der Waals surface area contributed by atoms with Crippen LogP contribution >= 0.6 is 11.6 Å². The Morgan fingerprint density at radius 3 is 2.83 bits per heavy atom. The summed E-state index contributed by atoms with van der Waals surface area (Å²) < 4.78 is 0. The molecule has 96 valence electrons. The molecule has 1 fully saturated rings. The average molecular weight is 267 g/mol. The van der Waals surface area contributed by atoms with E-state index in [0.29, 0.717) is 11.4 Å². The fourth-order valence-corrected chi connectivity index (χ4v) is 1.81. The molecule has 2 rings (SSSR count). The van der Waals surface area contributed by atoms with Crippen LogP contribution in [0.15, 0.2) is 29.4 Å². The normalized spacial score (nSPS) is 24.0. The highest BCUT2D eigenvalue weighted by Crippen LogP contribution is 2.07. The van der Waals surface area contributed by atoms with Crippen molar-refractivity contribution in [3.8, 4) is 0 Å². The maximum absolute atomic E-state index is 11.3. The van der Waals surface area contributed by atoms with Gasteiger partial charge in [-0.1, -0.05) is 23.7 Å². The van der Waals surface area contributed by atoms with E-state index in [1.165, 1.54) is 0 Å². The van der Waals surface area contributed by atoms with Gasteiger partial charge in [-0.2, -0.15) is 5.10 Å². The van der Waals surface area contributed by atoms with Crippen molar-refractivity contribution >= 4 is 23.7 Å². The highest BCUT2D eigenvalue weighted by atomic mass is 35.5. The summed E-state index contributed by atoms with van der Waals surface area (Å²) in [5.41, 5.74) is 3.77. The molecule has 5 nitrogen and oxygen atoms in total. The van der Waals surface area contributed by atoms with Crippen LogP contribution in [0.2, 0.25) is 5.02 Å². The molecule has 1 heterocycles. The third-order valence-electron chi connectivity index (χ3n) is 2.54. The van der Waals surface area contributed by atoms with Crippen molar-refractivity contribution < 1.29 is 4.79 Å².